The second-order valence-corrected chi connectivity index (χ2v) is 9.80. The summed E-state index contributed by atoms with van der Waals surface area (Å²) in [5.41, 5.74) is 7.22. The van der Waals surface area contributed by atoms with Gasteiger partial charge in [0.05, 0.1) is 12.3 Å². The molecule has 0 radical (unpaired) electrons. The van der Waals surface area contributed by atoms with E-state index in [1.807, 2.05) is 20.8 Å². The Hall–Kier alpha value is -2.21. The van der Waals surface area contributed by atoms with Crippen LogP contribution in [0.25, 0.3) is 11.1 Å². The zero-order chi connectivity index (χ0) is 26.0. The van der Waals surface area contributed by atoms with Crippen molar-refractivity contribution in [2.45, 2.75) is 91.0 Å². The molecule has 3 rings (SSSR count). The number of carboxylic acid groups (broad SMARTS) is 1. The summed E-state index contributed by atoms with van der Waals surface area (Å²) in [6.07, 6.45) is 7.15. The van der Waals surface area contributed by atoms with Gasteiger partial charge in [-0.2, -0.15) is 0 Å². The number of carbonyl (C=O) groups is 1. The van der Waals surface area contributed by atoms with Crippen LogP contribution in [0.15, 0.2) is 42.5 Å². The van der Waals surface area contributed by atoms with E-state index in [0.29, 0.717) is 32.2 Å². The highest BCUT2D eigenvalue weighted by Crippen LogP contribution is 2.41. The summed E-state index contributed by atoms with van der Waals surface area (Å²) < 4.78 is 17.7. The molecule has 0 saturated carbocycles. The van der Waals surface area contributed by atoms with Gasteiger partial charge in [-0.25, -0.2) is 0 Å². The predicted molar refractivity (Wildman–Crippen MR) is 144 cm³/mol. The van der Waals surface area contributed by atoms with E-state index >= 15 is 0 Å². The van der Waals surface area contributed by atoms with E-state index in [4.69, 9.17) is 14.2 Å². The molecule has 5 nitrogen and oxygen atoms in total. The fraction of sp³-hybridized carbons (Fsp3) is 0.581. The van der Waals surface area contributed by atoms with Gasteiger partial charge in [0.15, 0.2) is 0 Å². The van der Waals surface area contributed by atoms with E-state index in [-0.39, 0.29) is 12.3 Å². The molecule has 0 aromatic heterocycles. The summed E-state index contributed by atoms with van der Waals surface area (Å²) in [7, 11) is 0. The molecule has 0 amide bonds. The van der Waals surface area contributed by atoms with E-state index in [2.05, 4.69) is 49.4 Å². The molecule has 0 saturated heterocycles. The summed E-state index contributed by atoms with van der Waals surface area (Å²) in [5.74, 6) is -1.95. The fourth-order valence-corrected chi connectivity index (χ4v) is 5.69. The Morgan fingerprint density at radius 3 is 2.11 bits per heavy atom. The molecule has 0 spiro atoms. The molecule has 0 fully saturated rings. The highest BCUT2D eigenvalue weighted by atomic mass is 16.9. The van der Waals surface area contributed by atoms with Gasteiger partial charge in [-0.05, 0) is 73.8 Å². The normalized spacial score (nSPS) is 14.3. The number of hydrogen-bond donors (Lipinski definition) is 1. The number of aliphatic carboxylic acids is 1. The maximum Gasteiger partial charge on any atom is 0.303 e. The van der Waals surface area contributed by atoms with E-state index in [1.54, 1.807) is 0 Å². The van der Waals surface area contributed by atoms with Crippen LogP contribution < -0.4 is 0 Å². The molecule has 2 aromatic rings. The van der Waals surface area contributed by atoms with Gasteiger partial charge in [-0.15, -0.1) is 0 Å². The van der Waals surface area contributed by atoms with Gasteiger partial charge in [0.1, 0.15) is 0 Å². The molecule has 5 heteroatoms. The molecule has 1 N–H and O–H groups in total. The number of rotatable bonds is 17. The number of fused-ring (bicyclic) bond motifs is 3. The standard InChI is InChI=1S/C31H44O5/c1-5-34-31(35-6-2,36-7-3)25(22-30(32)33)17-11-9-8-10-15-23(4)26-19-14-20-28-27-18-13-12-16-24(27)21-29(26)28/h12-14,16,18-20,23,25H,5-11,15,17,21-22H2,1-4H3,(H,32,33). The van der Waals surface area contributed by atoms with Crippen molar-refractivity contribution in [3.05, 3.63) is 59.2 Å². The first-order valence-corrected chi connectivity index (χ1v) is 13.8. The molecule has 2 aromatic carbocycles. The Morgan fingerprint density at radius 2 is 1.47 bits per heavy atom. The second kappa shape index (κ2) is 13.9. The van der Waals surface area contributed by atoms with Crippen LogP contribution in [0.3, 0.4) is 0 Å². The summed E-state index contributed by atoms with van der Waals surface area (Å²) in [5, 5.41) is 9.52. The molecule has 198 valence electrons. The number of hydrogen-bond acceptors (Lipinski definition) is 4. The lowest BCUT2D eigenvalue weighted by Gasteiger charge is -2.38. The molecule has 1 aliphatic rings. The van der Waals surface area contributed by atoms with Gasteiger partial charge in [0.2, 0.25) is 0 Å². The first-order chi connectivity index (χ1) is 17.5. The summed E-state index contributed by atoms with van der Waals surface area (Å²) in [4.78, 5) is 11.6. The van der Waals surface area contributed by atoms with E-state index in [1.165, 1.54) is 27.8 Å². The minimum absolute atomic E-state index is 0.0292. The molecule has 0 aliphatic heterocycles. The largest absolute Gasteiger partial charge is 0.481 e. The van der Waals surface area contributed by atoms with Gasteiger partial charge >= 0.3 is 5.97 Å². The Balaban J connectivity index is 1.51. The number of ether oxygens (including phenoxy) is 3. The Bertz CT molecular complexity index is 952. The molecule has 36 heavy (non-hydrogen) atoms. The van der Waals surface area contributed by atoms with Crippen molar-refractivity contribution in [3.63, 3.8) is 0 Å². The summed E-state index contributed by atoms with van der Waals surface area (Å²) in [6, 6.07) is 15.5. The van der Waals surface area contributed by atoms with Gasteiger partial charge in [-0.1, -0.05) is 75.1 Å². The van der Waals surface area contributed by atoms with Crippen molar-refractivity contribution < 1.29 is 24.1 Å². The maximum absolute atomic E-state index is 11.6. The topological polar surface area (TPSA) is 65.0 Å². The number of benzene rings is 2. The highest BCUT2D eigenvalue weighted by molar-refractivity contribution is 5.78. The molecular weight excluding hydrogens is 452 g/mol. The smallest absolute Gasteiger partial charge is 0.303 e. The molecule has 0 heterocycles. The molecule has 2 atom stereocenters. The van der Waals surface area contributed by atoms with E-state index < -0.39 is 11.9 Å². The average Bonchev–Trinajstić information content (AvgIpc) is 3.24. The van der Waals surface area contributed by atoms with Crippen molar-refractivity contribution in [2.75, 3.05) is 19.8 Å². The van der Waals surface area contributed by atoms with E-state index in [0.717, 1.165) is 38.5 Å². The van der Waals surface area contributed by atoms with Crippen LogP contribution in [0, 0.1) is 5.92 Å². The van der Waals surface area contributed by atoms with Crippen LogP contribution in [0.5, 0.6) is 0 Å². The first-order valence-electron chi connectivity index (χ1n) is 13.8. The Labute approximate surface area is 217 Å². The zero-order valence-corrected chi connectivity index (χ0v) is 22.6. The Morgan fingerprint density at radius 1 is 0.861 bits per heavy atom. The van der Waals surface area contributed by atoms with Crippen LogP contribution in [0.1, 0.15) is 95.2 Å². The average molecular weight is 497 g/mol. The maximum atomic E-state index is 11.6. The summed E-state index contributed by atoms with van der Waals surface area (Å²) in [6.45, 7) is 9.21. The van der Waals surface area contributed by atoms with E-state index in [9.17, 15) is 9.90 Å². The molecule has 1 aliphatic carbocycles. The third-order valence-electron chi connectivity index (χ3n) is 7.32. The minimum Gasteiger partial charge on any atom is -0.481 e. The van der Waals surface area contributed by atoms with Gasteiger partial charge in [-0.3, -0.25) is 4.79 Å². The molecule has 0 bridgehead atoms. The van der Waals surface area contributed by atoms with Crippen LogP contribution >= 0.6 is 0 Å². The molecular formula is C31H44O5. The monoisotopic (exact) mass is 496 g/mol. The summed E-state index contributed by atoms with van der Waals surface area (Å²) >= 11 is 0. The number of carboxylic acids is 1. The third-order valence-corrected chi connectivity index (χ3v) is 7.32. The van der Waals surface area contributed by atoms with Crippen LogP contribution in [0.2, 0.25) is 0 Å². The minimum atomic E-state index is -1.28. The van der Waals surface area contributed by atoms with Gasteiger partial charge in [0.25, 0.3) is 5.97 Å². The second-order valence-electron chi connectivity index (χ2n) is 9.80. The lowest BCUT2D eigenvalue weighted by atomic mass is 9.88. The lowest BCUT2D eigenvalue weighted by Crippen LogP contribution is -2.47. The van der Waals surface area contributed by atoms with Crippen molar-refractivity contribution in [3.8, 4) is 11.1 Å². The van der Waals surface area contributed by atoms with Crippen LogP contribution in [-0.2, 0) is 25.4 Å². The van der Waals surface area contributed by atoms with Gasteiger partial charge in [0, 0.05) is 19.8 Å². The third kappa shape index (κ3) is 6.96. The highest BCUT2D eigenvalue weighted by Gasteiger charge is 2.43. The number of unbranched alkanes of at least 4 members (excludes halogenated alkanes) is 3. The van der Waals surface area contributed by atoms with Crippen LogP contribution in [-0.4, -0.2) is 36.9 Å². The fourth-order valence-electron chi connectivity index (χ4n) is 5.69. The van der Waals surface area contributed by atoms with Crippen molar-refractivity contribution >= 4 is 5.97 Å². The van der Waals surface area contributed by atoms with Crippen molar-refractivity contribution in [1.29, 1.82) is 0 Å². The van der Waals surface area contributed by atoms with Gasteiger partial charge < -0.3 is 19.3 Å². The molecule has 2 unspecified atom stereocenters. The quantitative estimate of drug-likeness (QED) is 0.154. The van der Waals surface area contributed by atoms with Crippen molar-refractivity contribution in [1.82, 2.24) is 0 Å². The Kier molecular flexibility index (Phi) is 11.0. The van der Waals surface area contributed by atoms with Crippen LogP contribution in [0.4, 0.5) is 0 Å². The SMILES string of the molecule is CCOC(OCC)(OCC)C(CCCCCCC(C)c1cccc2c1Cc1ccccc1-2)CC(=O)O. The lowest BCUT2D eigenvalue weighted by molar-refractivity contribution is -0.402. The predicted octanol–water partition coefficient (Wildman–Crippen LogP) is 7.56. The first kappa shape index (κ1) is 28.4. The zero-order valence-electron chi connectivity index (χ0n) is 22.6. The van der Waals surface area contributed by atoms with Crippen molar-refractivity contribution in [2.24, 2.45) is 5.92 Å².